The van der Waals surface area contributed by atoms with Crippen LogP contribution in [0.4, 0.5) is 5.69 Å². The molecule has 0 aromatic heterocycles. The largest absolute Gasteiger partial charge is 0.276 e. The number of hydrogen-bond acceptors (Lipinski definition) is 2. The standard InChI is InChI=1S/C13H11Cl3N2/c14-8-5-10(15)13(11(16)6-8)18-17-12-4-7-2-1-3-9(7)12/h1-2,5-7,9,18H,3-4H2/b17-12-/t7-,9-/m0/s1. The Kier molecular flexibility index (Phi) is 3.27. The highest BCUT2D eigenvalue weighted by molar-refractivity contribution is 6.41. The maximum absolute atomic E-state index is 6.08. The molecule has 0 bridgehead atoms. The number of fused-ring (bicyclic) bond motifs is 1. The Morgan fingerprint density at radius 1 is 1.17 bits per heavy atom. The monoisotopic (exact) mass is 300 g/mol. The fourth-order valence-electron chi connectivity index (χ4n) is 2.44. The first-order valence-corrected chi connectivity index (χ1v) is 6.92. The molecule has 1 aromatic carbocycles. The van der Waals surface area contributed by atoms with Gasteiger partial charge in [0, 0.05) is 16.7 Å². The summed E-state index contributed by atoms with van der Waals surface area (Å²) in [4.78, 5) is 0. The maximum atomic E-state index is 6.08. The van der Waals surface area contributed by atoms with Gasteiger partial charge in [-0.3, -0.25) is 5.43 Å². The topological polar surface area (TPSA) is 24.4 Å². The third-order valence-electron chi connectivity index (χ3n) is 3.48. The maximum Gasteiger partial charge on any atom is 0.0935 e. The average Bonchev–Trinajstić information content (AvgIpc) is 2.63. The van der Waals surface area contributed by atoms with Gasteiger partial charge in [0.25, 0.3) is 0 Å². The van der Waals surface area contributed by atoms with Crippen molar-refractivity contribution in [2.24, 2.45) is 16.9 Å². The van der Waals surface area contributed by atoms with Gasteiger partial charge < -0.3 is 0 Å². The molecule has 0 unspecified atom stereocenters. The van der Waals surface area contributed by atoms with Gasteiger partial charge in [-0.15, -0.1) is 0 Å². The van der Waals surface area contributed by atoms with Crippen LogP contribution in [0.25, 0.3) is 0 Å². The number of allylic oxidation sites excluding steroid dienone is 2. The van der Waals surface area contributed by atoms with Gasteiger partial charge >= 0.3 is 0 Å². The van der Waals surface area contributed by atoms with E-state index in [0.29, 0.717) is 32.6 Å². The van der Waals surface area contributed by atoms with Crippen LogP contribution in [0.2, 0.25) is 15.1 Å². The van der Waals surface area contributed by atoms with Crippen LogP contribution < -0.4 is 5.43 Å². The molecule has 2 aliphatic carbocycles. The first kappa shape index (κ1) is 12.3. The van der Waals surface area contributed by atoms with Crippen LogP contribution in [0.15, 0.2) is 29.4 Å². The molecule has 0 saturated heterocycles. The van der Waals surface area contributed by atoms with Crippen molar-refractivity contribution in [3.8, 4) is 0 Å². The Balaban J connectivity index is 1.76. The summed E-state index contributed by atoms with van der Waals surface area (Å²) in [5.74, 6) is 1.25. The summed E-state index contributed by atoms with van der Waals surface area (Å²) in [5, 5.41) is 5.90. The molecule has 18 heavy (non-hydrogen) atoms. The smallest absolute Gasteiger partial charge is 0.0935 e. The molecule has 1 fully saturated rings. The Bertz CT molecular complexity index is 528. The predicted octanol–water partition coefficient (Wildman–Crippen LogP) is 5.01. The Hall–Kier alpha value is -0.700. The van der Waals surface area contributed by atoms with E-state index in [9.17, 15) is 0 Å². The number of hydrogen-bond donors (Lipinski definition) is 1. The summed E-state index contributed by atoms with van der Waals surface area (Å²) in [6.07, 6.45) is 6.61. The second-order valence-corrected chi connectivity index (χ2v) is 5.85. The highest BCUT2D eigenvalue weighted by Gasteiger charge is 2.37. The van der Waals surface area contributed by atoms with Crippen LogP contribution in [-0.4, -0.2) is 5.71 Å². The molecule has 1 aromatic rings. The van der Waals surface area contributed by atoms with Crippen LogP contribution >= 0.6 is 34.8 Å². The van der Waals surface area contributed by atoms with Crippen molar-refractivity contribution in [1.82, 2.24) is 0 Å². The fraction of sp³-hybridized carbons (Fsp3) is 0.308. The molecule has 5 heteroatoms. The molecule has 0 spiro atoms. The summed E-state index contributed by atoms with van der Waals surface area (Å²) >= 11 is 18.0. The van der Waals surface area contributed by atoms with Gasteiger partial charge in [-0.25, -0.2) is 0 Å². The Morgan fingerprint density at radius 2 is 1.89 bits per heavy atom. The molecule has 0 heterocycles. The van der Waals surface area contributed by atoms with Crippen molar-refractivity contribution in [2.75, 3.05) is 5.43 Å². The van der Waals surface area contributed by atoms with Crippen molar-refractivity contribution in [3.05, 3.63) is 39.4 Å². The van der Waals surface area contributed by atoms with E-state index in [0.717, 1.165) is 12.8 Å². The minimum Gasteiger partial charge on any atom is -0.276 e. The quantitative estimate of drug-likeness (QED) is 0.602. The first-order valence-electron chi connectivity index (χ1n) is 5.79. The summed E-state index contributed by atoms with van der Waals surface area (Å²) in [7, 11) is 0. The zero-order chi connectivity index (χ0) is 12.7. The number of nitrogens with one attached hydrogen (secondary N) is 1. The van der Waals surface area contributed by atoms with Gasteiger partial charge in [0.15, 0.2) is 0 Å². The van der Waals surface area contributed by atoms with Gasteiger partial charge in [0.1, 0.15) is 0 Å². The van der Waals surface area contributed by atoms with Crippen LogP contribution in [0.1, 0.15) is 12.8 Å². The molecule has 2 nitrogen and oxygen atoms in total. The third kappa shape index (κ3) is 2.13. The van der Waals surface area contributed by atoms with E-state index >= 15 is 0 Å². The lowest BCUT2D eigenvalue weighted by molar-refractivity contribution is 0.466. The minimum atomic E-state index is 0.484. The normalized spacial score (nSPS) is 27.2. The van der Waals surface area contributed by atoms with E-state index in [-0.39, 0.29) is 0 Å². The zero-order valence-corrected chi connectivity index (χ0v) is 11.7. The van der Waals surface area contributed by atoms with E-state index in [1.807, 2.05) is 0 Å². The van der Waals surface area contributed by atoms with Crippen LogP contribution in [0, 0.1) is 11.8 Å². The number of anilines is 1. The first-order chi connectivity index (χ1) is 8.65. The van der Waals surface area contributed by atoms with E-state index < -0.39 is 0 Å². The molecule has 0 radical (unpaired) electrons. The fourth-order valence-corrected chi connectivity index (χ4v) is 3.34. The van der Waals surface area contributed by atoms with E-state index in [4.69, 9.17) is 34.8 Å². The van der Waals surface area contributed by atoms with Crippen molar-refractivity contribution < 1.29 is 0 Å². The lowest BCUT2D eigenvalue weighted by Gasteiger charge is -2.32. The summed E-state index contributed by atoms with van der Waals surface area (Å²) in [6, 6.07) is 3.30. The summed E-state index contributed by atoms with van der Waals surface area (Å²) in [6.45, 7) is 0. The number of rotatable bonds is 2. The molecule has 2 atom stereocenters. The van der Waals surface area contributed by atoms with Crippen molar-refractivity contribution >= 4 is 46.2 Å². The zero-order valence-electron chi connectivity index (χ0n) is 9.46. The van der Waals surface area contributed by atoms with Crippen LogP contribution in [-0.2, 0) is 0 Å². The number of hydrazone groups is 1. The second kappa shape index (κ2) is 4.76. The van der Waals surface area contributed by atoms with Crippen molar-refractivity contribution in [2.45, 2.75) is 12.8 Å². The molecule has 1 saturated carbocycles. The molecule has 0 aliphatic heterocycles. The summed E-state index contributed by atoms with van der Waals surface area (Å²) < 4.78 is 0. The van der Waals surface area contributed by atoms with Crippen molar-refractivity contribution in [3.63, 3.8) is 0 Å². The van der Waals surface area contributed by atoms with E-state index in [1.165, 1.54) is 5.71 Å². The van der Waals surface area contributed by atoms with Gasteiger partial charge in [-0.05, 0) is 30.9 Å². The van der Waals surface area contributed by atoms with Gasteiger partial charge in [0.05, 0.1) is 15.7 Å². The minimum absolute atomic E-state index is 0.484. The highest BCUT2D eigenvalue weighted by atomic mass is 35.5. The average molecular weight is 302 g/mol. The molecular weight excluding hydrogens is 291 g/mol. The highest BCUT2D eigenvalue weighted by Crippen LogP contribution is 2.41. The number of halogens is 3. The third-order valence-corrected chi connectivity index (χ3v) is 4.30. The lowest BCUT2D eigenvalue weighted by atomic mass is 9.74. The lowest BCUT2D eigenvalue weighted by Crippen LogP contribution is -2.33. The Morgan fingerprint density at radius 3 is 2.56 bits per heavy atom. The van der Waals surface area contributed by atoms with Crippen LogP contribution in [0.5, 0.6) is 0 Å². The molecule has 94 valence electrons. The van der Waals surface area contributed by atoms with Gasteiger partial charge in [-0.2, -0.15) is 5.10 Å². The summed E-state index contributed by atoms with van der Waals surface area (Å²) in [5.41, 5.74) is 4.76. The molecule has 3 rings (SSSR count). The molecular formula is C13H11Cl3N2. The van der Waals surface area contributed by atoms with Gasteiger partial charge in [-0.1, -0.05) is 47.0 Å². The van der Waals surface area contributed by atoms with Crippen LogP contribution in [0.3, 0.4) is 0 Å². The van der Waals surface area contributed by atoms with Crippen molar-refractivity contribution in [1.29, 1.82) is 0 Å². The van der Waals surface area contributed by atoms with E-state index in [2.05, 4.69) is 22.7 Å². The molecule has 0 amide bonds. The second-order valence-electron chi connectivity index (χ2n) is 4.60. The molecule has 2 aliphatic rings. The number of benzene rings is 1. The van der Waals surface area contributed by atoms with E-state index in [1.54, 1.807) is 12.1 Å². The SMILES string of the molecule is Clc1cc(Cl)c(N/N=C2/C[C@@H]3C=CC[C@H]23)c(Cl)c1. The predicted molar refractivity (Wildman–Crippen MR) is 77.9 cm³/mol. The van der Waals surface area contributed by atoms with Gasteiger partial charge in [0.2, 0.25) is 0 Å². The molecule has 1 N–H and O–H groups in total. The number of nitrogens with zero attached hydrogens (tertiary/aromatic N) is 1. The Labute approximate surface area is 121 Å².